The third-order valence-corrected chi connectivity index (χ3v) is 4.47. The van der Waals surface area contributed by atoms with Crippen LogP contribution in [0.3, 0.4) is 0 Å². The van der Waals surface area contributed by atoms with E-state index in [2.05, 4.69) is 54.0 Å². The van der Waals surface area contributed by atoms with E-state index >= 15 is 0 Å². The highest BCUT2D eigenvalue weighted by molar-refractivity contribution is 5.15. The van der Waals surface area contributed by atoms with Crippen LogP contribution in [0.15, 0.2) is 30.3 Å². The Kier molecular flexibility index (Phi) is 4.97. The summed E-state index contributed by atoms with van der Waals surface area (Å²) < 4.78 is 0. The maximum atomic E-state index is 6.11. The van der Waals surface area contributed by atoms with E-state index in [9.17, 15) is 0 Å². The second-order valence-corrected chi connectivity index (χ2v) is 5.55. The first kappa shape index (κ1) is 14.5. The third-order valence-electron chi connectivity index (χ3n) is 4.47. The van der Waals surface area contributed by atoms with Crippen LogP contribution in [-0.2, 0) is 6.54 Å². The van der Waals surface area contributed by atoms with E-state index in [1.54, 1.807) is 0 Å². The zero-order valence-electron chi connectivity index (χ0n) is 12.3. The fourth-order valence-corrected chi connectivity index (χ4v) is 3.37. The molecule has 0 bridgehead atoms. The molecule has 19 heavy (non-hydrogen) atoms. The van der Waals surface area contributed by atoms with Crippen molar-refractivity contribution in [3.63, 3.8) is 0 Å². The lowest BCUT2D eigenvalue weighted by atomic mass is 9.96. The lowest BCUT2D eigenvalue weighted by Gasteiger charge is -2.39. The molecule has 1 saturated heterocycles. The van der Waals surface area contributed by atoms with Crippen LogP contribution in [0.2, 0.25) is 0 Å². The second-order valence-electron chi connectivity index (χ2n) is 5.55. The molecule has 1 atom stereocenters. The Morgan fingerprint density at radius 1 is 1.21 bits per heavy atom. The predicted molar refractivity (Wildman–Crippen MR) is 81.0 cm³/mol. The molecule has 0 amide bonds. The number of nitrogens with zero attached hydrogens (tertiary/aromatic N) is 2. The van der Waals surface area contributed by atoms with Gasteiger partial charge in [0.2, 0.25) is 0 Å². The largest absolute Gasteiger partial charge is 0.329 e. The summed E-state index contributed by atoms with van der Waals surface area (Å²) in [5.41, 5.74) is 7.70. The minimum atomic E-state index is 0.193. The molecule has 1 aromatic rings. The number of likely N-dealkylation sites (N-methyl/N-ethyl adjacent to an activating group) is 1. The van der Waals surface area contributed by atoms with Gasteiger partial charge in [-0.1, -0.05) is 44.2 Å². The molecule has 3 nitrogen and oxygen atoms in total. The Morgan fingerprint density at radius 3 is 2.47 bits per heavy atom. The second kappa shape index (κ2) is 6.51. The van der Waals surface area contributed by atoms with Gasteiger partial charge in [-0.05, 0) is 25.1 Å². The first-order valence-electron chi connectivity index (χ1n) is 7.45. The Morgan fingerprint density at radius 2 is 1.89 bits per heavy atom. The lowest BCUT2D eigenvalue weighted by molar-refractivity contribution is 0.110. The zero-order valence-corrected chi connectivity index (χ0v) is 12.3. The number of hydrogen-bond donors (Lipinski definition) is 1. The van der Waals surface area contributed by atoms with Crippen LogP contribution in [0, 0.1) is 0 Å². The molecule has 0 spiro atoms. The van der Waals surface area contributed by atoms with Crippen LogP contribution < -0.4 is 5.73 Å². The van der Waals surface area contributed by atoms with Crippen LogP contribution in [-0.4, -0.2) is 48.1 Å². The molecule has 1 aliphatic rings. The molecule has 0 saturated carbocycles. The smallest absolute Gasteiger partial charge is 0.0470 e. The first-order valence-corrected chi connectivity index (χ1v) is 7.45. The molecule has 0 aliphatic carbocycles. The normalized spacial score (nSPS) is 24.2. The average molecular weight is 261 g/mol. The maximum Gasteiger partial charge on any atom is 0.0470 e. The van der Waals surface area contributed by atoms with E-state index in [4.69, 9.17) is 5.73 Å². The van der Waals surface area contributed by atoms with Gasteiger partial charge in [0, 0.05) is 31.7 Å². The van der Waals surface area contributed by atoms with E-state index in [0.717, 1.165) is 39.3 Å². The third kappa shape index (κ3) is 3.16. The van der Waals surface area contributed by atoms with Crippen molar-refractivity contribution in [2.45, 2.75) is 32.4 Å². The van der Waals surface area contributed by atoms with Crippen LogP contribution in [0.25, 0.3) is 0 Å². The fraction of sp³-hybridized carbons (Fsp3) is 0.625. The van der Waals surface area contributed by atoms with Crippen LogP contribution in [0.5, 0.6) is 0 Å². The predicted octanol–water partition coefficient (Wildman–Crippen LogP) is 1.93. The Labute approximate surface area is 117 Å². The average Bonchev–Trinajstić information content (AvgIpc) is 2.86. The van der Waals surface area contributed by atoms with E-state index in [0.29, 0.717) is 0 Å². The van der Waals surface area contributed by atoms with Gasteiger partial charge in [0.1, 0.15) is 0 Å². The van der Waals surface area contributed by atoms with Crippen LogP contribution in [0.4, 0.5) is 0 Å². The minimum absolute atomic E-state index is 0.193. The van der Waals surface area contributed by atoms with E-state index in [-0.39, 0.29) is 5.54 Å². The van der Waals surface area contributed by atoms with Gasteiger partial charge in [0.25, 0.3) is 0 Å². The molecule has 1 heterocycles. The van der Waals surface area contributed by atoms with Crippen molar-refractivity contribution >= 4 is 0 Å². The van der Waals surface area contributed by atoms with Crippen molar-refractivity contribution in [2.75, 3.05) is 32.7 Å². The maximum absolute atomic E-state index is 6.11. The van der Waals surface area contributed by atoms with Gasteiger partial charge in [-0.25, -0.2) is 0 Å². The number of likely N-dealkylation sites (tertiary alicyclic amines) is 1. The Hall–Kier alpha value is -0.900. The molecule has 1 aromatic carbocycles. The number of hydrogen-bond acceptors (Lipinski definition) is 3. The summed E-state index contributed by atoms with van der Waals surface area (Å²) in [6.07, 6.45) is 1.19. The first-order chi connectivity index (χ1) is 9.24. The van der Waals surface area contributed by atoms with E-state index in [1.807, 2.05) is 0 Å². The highest BCUT2D eigenvalue weighted by atomic mass is 15.3. The molecule has 106 valence electrons. The summed E-state index contributed by atoms with van der Waals surface area (Å²) in [4.78, 5) is 5.08. The monoisotopic (exact) mass is 261 g/mol. The molecule has 2 N–H and O–H groups in total. The van der Waals surface area contributed by atoms with Gasteiger partial charge in [0.15, 0.2) is 0 Å². The van der Waals surface area contributed by atoms with Crippen molar-refractivity contribution in [1.29, 1.82) is 0 Å². The summed E-state index contributed by atoms with van der Waals surface area (Å²) in [6.45, 7) is 10.7. The summed E-state index contributed by atoms with van der Waals surface area (Å²) in [6, 6.07) is 10.7. The molecule has 1 unspecified atom stereocenters. The van der Waals surface area contributed by atoms with Gasteiger partial charge >= 0.3 is 0 Å². The topological polar surface area (TPSA) is 32.5 Å². The summed E-state index contributed by atoms with van der Waals surface area (Å²) in [5.74, 6) is 0. The van der Waals surface area contributed by atoms with Gasteiger partial charge in [-0.2, -0.15) is 0 Å². The van der Waals surface area contributed by atoms with Gasteiger partial charge in [0.05, 0.1) is 0 Å². The SMILES string of the molecule is CCN(CC)C1(CN)CCN(Cc2ccccc2)C1. The molecular formula is C16H27N3. The Bertz CT molecular complexity index is 375. The highest BCUT2D eigenvalue weighted by Crippen LogP contribution is 2.28. The van der Waals surface area contributed by atoms with Crippen molar-refractivity contribution in [1.82, 2.24) is 9.80 Å². The van der Waals surface area contributed by atoms with Gasteiger partial charge in [-0.15, -0.1) is 0 Å². The summed E-state index contributed by atoms with van der Waals surface area (Å²) >= 11 is 0. The van der Waals surface area contributed by atoms with E-state index in [1.165, 1.54) is 12.0 Å². The van der Waals surface area contributed by atoms with Crippen LogP contribution >= 0.6 is 0 Å². The number of benzene rings is 1. The standard InChI is InChI=1S/C16H27N3/c1-3-19(4-2)16(13-17)10-11-18(14-16)12-15-8-6-5-7-9-15/h5-9H,3-4,10-14,17H2,1-2H3. The molecule has 0 radical (unpaired) electrons. The van der Waals surface area contributed by atoms with Crippen LogP contribution in [0.1, 0.15) is 25.8 Å². The number of nitrogens with two attached hydrogens (primary N) is 1. The van der Waals surface area contributed by atoms with Gasteiger partial charge < -0.3 is 5.73 Å². The summed E-state index contributed by atoms with van der Waals surface area (Å²) in [7, 11) is 0. The lowest BCUT2D eigenvalue weighted by Crippen LogP contribution is -2.55. The molecule has 2 rings (SSSR count). The molecule has 3 heteroatoms. The Balaban J connectivity index is 2.01. The number of rotatable bonds is 6. The van der Waals surface area contributed by atoms with Crippen molar-refractivity contribution in [3.05, 3.63) is 35.9 Å². The fourth-order valence-electron chi connectivity index (χ4n) is 3.37. The van der Waals surface area contributed by atoms with Gasteiger partial charge in [-0.3, -0.25) is 9.80 Å². The van der Waals surface area contributed by atoms with Crippen molar-refractivity contribution < 1.29 is 0 Å². The molecular weight excluding hydrogens is 234 g/mol. The highest BCUT2D eigenvalue weighted by Gasteiger charge is 2.40. The van der Waals surface area contributed by atoms with Crippen molar-refractivity contribution in [2.24, 2.45) is 5.73 Å². The van der Waals surface area contributed by atoms with Crippen molar-refractivity contribution in [3.8, 4) is 0 Å². The minimum Gasteiger partial charge on any atom is -0.329 e. The van der Waals surface area contributed by atoms with E-state index < -0.39 is 0 Å². The quantitative estimate of drug-likeness (QED) is 0.849. The molecule has 1 aliphatic heterocycles. The molecule has 0 aromatic heterocycles. The summed E-state index contributed by atoms with van der Waals surface area (Å²) in [5, 5.41) is 0. The zero-order chi connectivity index (χ0) is 13.7. The molecule has 1 fully saturated rings.